The maximum absolute atomic E-state index is 12.1. The molecule has 0 saturated heterocycles. The molecule has 0 spiro atoms. The number of carbonyl (C=O) groups excluding carboxylic acids is 1. The van der Waals surface area contributed by atoms with Gasteiger partial charge in [0, 0.05) is 6.54 Å². The van der Waals surface area contributed by atoms with E-state index >= 15 is 0 Å². The minimum Gasteiger partial charge on any atom is -0.493 e. The Kier molecular flexibility index (Phi) is 6.20. The van der Waals surface area contributed by atoms with Crippen LogP contribution in [-0.2, 0) is 11.3 Å². The second-order valence-electron chi connectivity index (χ2n) is 5.41. The van der Waals surface area contributed by atoms with E-state index in [4.69, 9.17) is 15.3 Å². The molecular weight excluding hydrogens is 386 g/mol. The number of nitrogens with one attached hydrogen (secondary N) is 1. The Morgan fingerprint density at radius 2 is 2.07 bits per heavy atom. The van der Waals surface area contributed by atoms with Crippen LogP contribution in [0.2, 0.25) is 0 Å². The van der Waals surface area contributed by atoms with Gasteiger partial charge >= 0.3 is 0 Å². The molecule has 0 aliphatic heterocycles. The number of amides is 1. The number of hydrogen-bond acceptors (Lipinski definition) is 8. The molecule has 0 radical (unpaired) electrons. The number of nitrogen functional groups attached to an aromatic ring is 1. The molecule has 0 saturated carbocycles. The van der Waals surface area contributed by atoms with Crippen LogP contribution in [0.15, 0.2) is 40.9 Å². The van der Waals surface area contributed by atoms with Crippen molar-refractivity contribution in [1.29, 1.82) is 0 Å². The zero-order valence-corrected chi connectivity index (χ0v) is 16.5. The molecule has 8 nitrogen and oxygen atoms in total. The summed E-state index contributed by atoms with van der Waals surface area (Å²) in [7, 11) is 3.15. The van der Waals surface area contributed by atoms with E-state index in [0.29, 0.717) is 29.0 Å². The number of aromatic nitrogens is 3. The predicted molar refractivity (Wildman–Crippen MR) is 106 cm³/mol. The van der Waals surface area contributed by atoms with Gasteiger partial charge in [0.2, 0.25) is 11.1 Å². The van der Waals surface area contributed by atoms with E-state index in [-0.39, 0.29) is 11.7 Å². The molecule has 1 amide bonds. The molecule has 0 bridgehead atoms. The van der Waals surface area contributed by atoms with Gasteiger partial charge in [-0.3, -0.25) is 4.79 Å². The van der Waals surface area contributed by atoms with E-state index in [0.717, 1.165) is 10.4 Å². The first-order valence-corrected chi connectivity index (χ1v) is 9.83. The summed E-state index contributed by atoms with van der Waals surface area (Å²) in [5.74, 6) is 7.93. The lowest BCUT2D eigenvalue weighted by atomic mass is 10.2. The number of thiophene rings is 1. The third-order valence-electron chi connectivity index (χ3n) is 3.68. The van der Waals surface area contributed by atoms with E-state index in [1.807, 2.05) is 29.6 Å². The van der Waals surface area contributed by atoms with Gasteiger partial charge < -0.3 is 20.6 Å². The Morgan fingerprint density at radius 3 is 2.78 bits per heavy atom. The Balaban J connectivity index is 1.53. The van der Waals surface area contributed by atoms with Crippen LogP contribution < -0.4 is 20.6 Å². The summed E-state index contributed by atoms with van der Waals surface area (Å²) in [5.41, 5.74) is 0.910. The van der Waals surface area contributed by atoms with Crippen molar-refractivity contribution in [3.05, 3.63) is 41.3 Å². The van der Waals surface area contributed by atoms with Crippen LogP contribution in [0, 0.1) is 0 Å². The van der Waals surface area contributed by atoms with Crippen molar-refractivity contribution in [3.63, 3.8) is 0 Å². The smallest absolute Gasteiger partial charge is 0.230 e. The fourth-order valence-electron chi connectivity index (χ4n) is 2.32. The lowest BCUT2D eigenvalue weighted by Crippen LogP contribution is -2.25. The number of methoxy groups -OCH3 is 2. The summed E-state index contributed by atoms with van der Waals surface area (Å²) >= 11 is 2.76. The molecule has 3 aromatic rings. The van der Waals surface area contributed by atoms with Crippen LogP contribution >= 0.6 is 23.1 Å². The largest absolute Gasteiger partial charge is 0.493 e. The van der Waals surface area contributed by atoms with Crippen LogP contribution in [0.1, 0.15) is 5.56 Å². The molecule has 1 aromatic carbocycles. The number of hydrogen-bond donors (Lipinski definition) is 2. The number of nitrogens with two attached hydrogens (primary N) is 1. The van der Waals surface area contributed by atoms with E-state index < -0.39 is 0 Å². The van der Waals surface area contributed by atoms with E-state index in [1.54, 1.807) is 20.3 Å². The first kappa shape index (κ1) is 19.1. The third kappa shape index (κ3) is 4.52. The Labute approximate surface area is 164 Å². The molecule has 142 valence electrons. The van der Waals surface area contributed by atoms with E-state index in [9.17, 15) is 4.79 Å². The minimum atomic E-state index is -0.129. The van der Waals surface area contributed by atoms with Crippen molar-refractivity contribution in [2.45, 2.75) is 11.7 Å². The van der Waals surface area contributed by atoms with Crippen molar-refractivity contribution >= 4 is 29.0 Å². The third-order valence-corrected chi connectivity index (χ3v) is 5.48. The maximum Gasteiger partial charge on any atom is 0.230 e. The number of benzene rings is 1. The van der Waals surface area contributed by atoms with Crippen molar-refractivity contribution in [2.75, 3.05) is 25.8 Å². The molecule has 10 heteroatoms. The van der Waals surface area contributed by atoms with Crippen molar-refractivity contribution in [2.24, 2.45) is 0 Å². The highest BCUT2D eigenvalue weighted by Gasteiger charge is 2.14. The highest BCUT2D eigenvalue weighted by molar-refractivity contribution is 7.99. The van der Waals surface area contributed by atoms with Gasteiger partial charge in [0.05, 0.1) is 24.8 Å². The standard InChI is InChI=1S/C17H19N5O3S2/c1-24-12-6-5-11(8-13(12)25-2)9-19-15(23)10-27-17-21-20-16(22(17)18)14-4-3-7-26-14/h3-8H,9-10,18H2,1-2H3,(H,19,23). The average Bonchev–Trinajstić information content (AvgIpc) is 3.34. The van der Waals surface area contributed by atoms with E-state index in [2.05, 4.69) is 15.5 Å². The average molecular weight is 406 g/mol. The highest BCUT2D eigenvalue weighted by atomic mass is 32.2. The summed E-state index contributed by atoms with van der Waals surface area (Å²) in [6.45, 7) is 0.384. The molecule has 3 rings (SSSR count). The molecule has 0 aliphatic carbocycles. The number of ether oxygens (including phenoxy) is 2. The molecule has 0 unspecified atom stereocenters. The first-order valence-electron chi connectivity index (χ1n) is 7.97. The van der Waals surface area contributed by atoms with Crippen molar-refractivity contribution in [3.8, 4) is 22.2 Å². The van der Waals surface area contributed by atoms with Gasteiger partial charge in [-0.1, -0.05) is 23.9 Å². The molecule has 2 heterocycles. The number of nitrogens with zero attached hydrogens (tertiary/aromatic N) is 3. The quantitative estimate of drug-likeness (QED) is 0.437. The van der Waals surface area contributed by atoms with Gasteiger partial charge in [-0.05, 0) is 29.1 Å². The summed E-state index contributed by atoms with van der Waals surface area (Å²) in [6, 6.07) is 9.35. The van der Waals surface area contributed by atoms with Crippen LogP contribution in [-0.4, -0.2) is 40.8 Å². The zero-order valence-electron chi connectivity index (χ0n) is 14.8. The number of rotatable bonds is 8. The Morgan fingerprint density at radius 1 is 1.26 bits per heavy atom. The minimum absolute atomic E-state index is 0.129. The van der Waals surface area contributed by atoms with Crippen LogP contribution in [0.4, 0.5) is 0 Å². The van der Waals surface area contributed by atoms with Gasteiger partial charge in [0.15, 0.2) is 17.3 Å². The first-order chi connectivity index (χ1) is 13.1. The summed E-state index contributed by atoms with van der Waals surface area (Å²) in [5, 5.41) is 13.4. The van der Waals surface area contributed by atoms with Gasteiger partial charge in [-0.25, -0.2) is 4.68 Å². The summed E-state index contributed by atoms with van der Waals surface area (Å²) in [6.07, 6.45) is 0. The van der Waals surface area contributed by atoms with Crippen molar-refractivity contribution < 1.29 is 14.3 Å². The molecule has 3 N–H and O–H groups in total. The van der Waals surface area contributed by atoms with E-state index in [1.165, 1.54) is 27.8 Å². The SMILES string of the molecule is COc1ccc(CNC(=O)CSc2nnc(-c3cccs3)n2N)cc1OC. The highest BCUT2D eigenvalue weighted by Crippen LogP contribution is 2.27. The Bertz CT molecular complexity index is 911. The maximum atomic E-state index is 12.1. The van der Waals surface area contributed by atoms with Crippen LogP contribution in [0.3, 0.4) is 0 Å². The molecular formula is C17H19N5O3S2. The normalized spacial score (nSPS) is 10.6. The monoisotopic (exact) mass is 405 g/mol. The van der Waals surface area contributed by atoms with Gasteiger partial charge in [-0.2, -0.15) is 0 Å². The topological polar surface area (TPSA) is 104 Å². The number of thioether (sulfide) groups is 1. The predicted octanol–water partition coefficient (Wildman–Crippen LogP) is 2.15. The molecule has 0 atom stereocenters. The zero-order chi connectivity index (χ0) is 19.2. The fraction of sp³-hybridized carbons (Fsp3) is 0.235. The Hall–Kier alpha value is -2.72. The fourth-order valence-corrected chi connectivity index (χ4v) is 3.71. The lowest BCUT2D eigenvalue weighted by molar-refractivity contribution is -0.118. The number of carbonyl (C=O) groups is 1. The van der Waals surface area contributed by atoms with Crippen LogP contribution in [0.25, 0.3) is 10.7 Å². The van der Waals surface area contributed by atoms with Crippen molar-refractivity contribution in [1.82, 2.24) is 20.2 Å². The lowest BCUT2D eigenvalue weighted by Gasteiger charge is -2.10. The summed E-state index contributed by atoms with van der Waals surface area (Å²) < 4.78 is 11.9. The molecule has 0 fully saturated rings. The van der Waals surface area contributed by atoms with Crippen LogP contribution in [0.5, 0.6) is 11.5 Å². The second kappa shape index (κ2) is 8.78. The second-order valence-corrected chi connectivity index (χ2v) is 7.30. The van der Waals surface area contributed by atoms with Gasteiger partial charge in [0.25, 0.3) is 0 Å². The molecule has 27 heavy (non-hydrogen) atoms. The van der Waals surface area contributed by atoms with Gasteiger partial charge in [-0.15, -0.1) is 21.5 Å². The molecule has 0 aliphatic rings. The summed E-state index contributed by atoms with van der Waals surface area (Å²) in [4.78, 5) is 13.1. The molecule has 2 aromatic heterocycles. The van der Waals surface area contributed by atoms with Gasteiger partial charge in [0.1, 0.15) is 0 Å².